The van der Waals surface area contributed by atoms with Gasteiger partial charge in [-0.25, -0.2) is 17.6 Å². The lowest BCUT2D eigenvalue weighted by molar-refractivity contribution is 0.259. The lowest BCUT2D eigenvalue weighted by Gasteiger charge is -2.26. The van der Waals surface area contributed by atoms with E-state index in [9.17, 15) is 17.6 Å². The van der Waals surface area contributed by atoms with E-state index in [0.717, 1.165) is 12.1 Å². The minimum Gasteiger partial charge on any atom is -0.305 e. The molecule has 0 saturated carbocycles. The van der Waals surface area contributed by atoms with Crippen LogP contribution in [0.1, 0.15) is 0 Å². The topological polar surface area (TPSA) is 66.5 Å². The average molecular weight is 298 g/mol. The smallest absolute Gasteiger partial charge is 0.305 e. The van der Waals surface area contributed by atoms with Crippen molar-refractivity contribution < 1.29 is 17.6 Å². The van der Waals surface area contributed by atoms with Crippen LogP contribution in [0.3, 0.4) is 0 Å². The second-order valence-corrected chi connectivity index (χ2v) is 6.32. The van der Waals surface area contributed by atoms with Crippen LogP contribution in [-0.4, -0.2) is 14.4 Å². The van der Waals surface area contributed by atoms with Gasteiger partial charge in [-0.3, -0.25) is 0 Å². The number of fused-ring (bicyclic) bond motifs is 1. The first-order valence-corrected chi connectivity index (χ1v) is 7.56. The van der Waals surface area contributed by atoms with Crippen molar-refractivity contribution in [3.8, 4) is 0 Å². The normalized spacial score (nSPS) is 16.9. The molecule has 0 atom stereocenters. The van der Waals surface area contributed by atoms with Crippen molar-refractivity contribution in [2.75, 3.05) is 9.62 Å². The molecule has 1 aliphatic rings. The molecule has 1 aromatic heterocycles. The van der Waals surface area contributed by atoms with Crippen molar-refractivity contribution >= 4 is 38.8 Å². The van der Waals surface area contributed by atoms with Crippen molar-refractivity contribution in [1.82, 2.24) is 0 Å². The number of sulfonamides is 1. The Morgan fingerprint density at radius 1 is 1.16 bits per heavy atom. The van der Waals surface area contributed by atoms with Gasteiger partial charge in [0.1, 0.15) is 10.7 Å². The quantitative estimate of drug-likeness (QED) is 0.880. The highest BCUT2D eigenvalue weighted by Gasteiger charge is 2.38. The Hall–Kier alpha value is -1.93. The SMILES string of the molecule is O=C1Nc2cscc2S(=O)(=O)N1c1ccc(F)cc1. The van der Waals surface area contributed by atoms with Crippen LogP contribution < -0.4 is 9.62 Å². The monoisotopic (exact) mass is 298 g/mol. The van der Waals surface area contributed by atoms with E-state index in [1.54, 1.807) is 5.38 Å². The molecule has 1 aliphatic heterocycles. The Morgan fingerprint density at radius 2 is 1.84 bits per heavy atom. The van der Waals surface area contributed by atoms with Gasteiger partial charge in [-0.15, -0.1) is 11.3 Å². The second-order valence-electron chi connectivity index (χ2n) is 3.83. The highest BCUT2D eigenvalue weighted by molar-refractivity contribution is 7.94. The lowest BCUT2D eigenvalue weighted by atomic mass is 10.3. The van der Waals surface area contributed by atoms with Crippen molar-refractivity contribution in [3.63, 3.8) is 0 Å². The Labute approximate surface area is 112 Å². The van der Waals surface area contributed by atoms with Gasteiger partial charge >= 0.3 is 6.03 Å². The van der Waals surface area contributed by atoms with Crippen LogP contribution in [0.5, 0.6) is 0 Å². The highest BCUT2D eigenvalue weighted by Crippen LogP contribution is 2.35. The number of carbonyl (C=O) groups is 1. The molecule has 98 valence electrons. The predicted octanol–water partition coefficient (Wildman–Crippen LogP) is 2.63. The molecule has 0 radical (unpaired) electrons. The first-order chi connectivity index (χ1) is 9.00. The second kappa shape index (κ2) is 4.04. The maximum Gasteiger partial charge on any atom is 0.340 e. The lowest BCUT2D eigenvalue weighted by Crippen LogP contribution is -2.43. The number of carbonyl (C=O) groups excluding carboxylic acids is 1. The third kappa shape index (κ3) is 1.80. The number of urea groups is 1. The summed E-state index contributed by atoms with van der Waals surface area (Å²) in [6.07, 6.45) is 0. The number of thiophene rings is 1. The third-order valence-electron chi connectivity index (χ3n) is 2.63. The van der Waals surface area contributed by atoms with Gasteiger partial charge in [0.25, 0.3) is 10.0 Å². The van der Waals surface area contributed by atoms with E-state index >= 15 is 0 Å². The molecule has 8 heteroatoms. The van der Waals surface area contributed by atoms with E-state index in [0.29, 0.717) is 4.31 Å². The largest absolute Gasteiger partial charge is 0.340 e. The van der Waals surface area contributed by atoms with Gasteiger partial charge in [0.15, 0.2) is 0 Å². The molecule has 0 spiro atoms. The molecule has 2 amide bonds. The van der Waals surface area contributed by atoms with E-state index in [1.807, 2.05) is 0 Å². The van der Waals surface area contributed by atoms with Gasteiger partial charge in [0, 0.05) is 10.8 Å². The molecule has 1 N–H and O–H groups in total. The highest BCUT2D eigenvalue weighted by atomic mass is 32.2. The fourth-order valence-electron chi connectivity index (χ4n) is 1.78. The van der Waals surface area contributed by atoms with Crippen LogP contribution in [0.4, 0.5) is 20.6 Å². The number of nitrogens with one attached hydrogen (secondary N) is 1. The molecule has 0 bridgehead atoms. The minimum atomic E-state index is -3.95. The zero-order valence-corrected chi connectivity index (χ0v) is 11.0. The number of benzene rings is 1. The van der Waals surface area contributed by atoms with E-state index in [1.165, 1.54) is 28.8 Å². The van der Waals surface area contributed by atoms with Crippen LogP contribution in [0, 0.1) is 5.82 Å². The van der Waals surface area contributed by atoms with Gasteiger partial charge in [-0.1, -0.05) is 0 Å². The standard InChI is InChI=1S/C11H7FN2O3S2/c12-7-1-3-8(4-2-7)14-11(15)13-9-5-18-6-10(9)19(14,16)17/h1-6H,(H,13,15). The molecule has 0 unspecified atom stereocenters. The predicted molar refractivity (Wildman–Crippen MR) is 69.4 cm³/mol. The van der Waals surface area contributed by atoms with Crippen molar-refractivity contribution in [2.45, 2.75) is 4.90 Å². The van der Waals surface area contributed by atoms with E-state index < -0.39 is 21.9 Å². The zero-order valence-electron chi connectivity index (χ0n) is 9.33. The van der Waals surface area contributed by atoms with Gasteiger partial charge < -0.3 is 5.32 Å². The van der Waals surface area contributed by atoms with Gasteiger partial charge in [0.2, 0.25) is 0 Å². The maximum absolute atomic E-state index is 12.9. The number of hydrogen-bond acceptors (Lipinski definition) is 4. The van der Waals surface area contributed by atoms with Gasteiger partial charge in [-0.2, -0.15) is 4.31 Å². The van der Waals surface area contributed by atoms with Gasteiger partial charge in [0.05, 0.1) is 11.4 Å². The molecule has 2 aromatic rings. The Balaban J connectivity index is 2.17. The Bertz CT molecular complexity index is 753. The summed E-state index contributed by atoms with van der Waals surface area (Å²) in [5.41, 5.74) is 0.365. The number of anilines is 2. The van der Waals surface area contributed by atoms with E-state index in [4.69, 9.17) is 0 Å². The van der Waals surface area contributed by atoms with Crippen LogP contribution in [0.25, 0.3) is 0 Å². The minimum absolute atomic E-state index is 0.0430. The fourth-order valence-corrected chi connectivity index (χ4v) is 4.40. The summed E-state index contributed by atoms with van der Waals surface area (Å²) in [6.45, 7) is 0. The van der Waals surface area contributed by atoms with Crippen LogP contribution >= 0.6 is 11.3 Å². The average Bonchev–Trinajstić information content (AvgIpc) is 2.80. The van der Waals surface area contributed by atoms with Crippen molar-refractivity contribution in [2.24, 2.45) is 0 Å². The summed E-state index contributed by atoms with van der Waals surface area (Å²) >= 11 is 1.18. The molecule has 0 saturated heterocycles. The van der Waals surface area contributed by atoms with Crippen LogP contribution in [-0.2, 0) is 10.0 Å². The fraction of sp³-hybridized carbons (Fsp3) is 0. The molecule has 3 rings (SSSR count). The molecular formula is C11H7FN2O3S2. The zero-order chi connectivity index (χ0) is 13.6. The summed E-state index contributed by atoms with van der Waals surface area (Å²) in [4.78, 5) is 11.9. The number of rotatable bonds is 1. The molecule has 2 heterocycles. The summed E-state index contributed by atoms with van der Waals surface area (Å²) < 4.78 is 38.2. The van der Waals surface area contributed by atoms with Crippen molar-refractivity contribution in [3.05, 3.63) is 40.8 Å². The first kappa shape index (κ1) is 12.1. The number of nitrogens with zero attached hydrogens (tertiary/aromatic N) is 1. The van der Waals surface area contributed by atoms with Crippen LogP contribution in [0.2, 0.25) is 0 Å². The summed E-state index contributed by atoms with van der Waals surface area (Å²) in [5, 5.41) is 5.48. The summed E-state index contributed by atoms with van der Waals surface area (Å²) in [5.74, 6) is -0.505. The summed E-state index contributed by atoms with van der Waals surface area (Å²) in [6, 6.07) is 3.90. The maximum atomic E-state index is 12.9. The molecule has 1 aromatic carbocycles. The number of amides is 2. The van der Waals surface area contributed by atoms with Crippen molar-refractivity contribution in [1.29, 1.82) is 0 Å². The van der Waals surface area contributed by atoms with Gasteiger partial charge in [-0.05, 0) is 24.3 Å². The Kier molecular flexibility index (Phi) is 2.58. The first-order valence-electron chi connectivity index (χ1n) is 5.18. The number of hydrogen-bond donors (Lipinski definition) is 1. The summed E-state index contributed by atoms with van der Waals surface area (Å²) in [7, 11) is -3.95. The third-order valence-corrected chi connectivity index (χ3v) is 5.28. The number of halogens is 1. The van der Waals surface area contributed by atoms with E-state index in [-0.39, 0.29) is 16.3 Å². The molecular weight excluding hydrogens is 291 g/mol. The molecule has 5 nitrogen and oxygen atoms in total. The Morgan fingerprint density at radius 3 is 2.53 bits per heavy atom. The molecule has 19 heavy (non-hydrogen) atoms. The van der Waals surface area contributed by atoms with Crippen LogP contribution in [0.15, 0.2) is 39.9 Å². The van der Waals surface area contributed by atoms with E-state index in [2.05, 4.69) is 5.32 Å². The molecule has 0 fully saturated rings. The molecule has 0 aliphatic carbocycles.